The number of aromatic nitrogens is 2. The summed E-state index contributed by atoms with van der Waals surface area (Å²) in [5.41, 5.74) is 5.25. The standard InChI is InChI=1S/C20H15FN2/c1-14-7-9-22-13-20(14)23-10-8-17-11-16(5-6-19(17)23)15-3-2-4-18(21)12-15/h2-13H,1H3. The van der Waals surface area contributed by atoms with Crippen LogP contribution in [0.3, 0.4) is 0 Å². The highest BCUT2D eigenvalue weighted by atomic mass is 19.1. The zero-order chi connectivity index (χ0) is 15.8. The maximum atomic E-state index is 13.4. The molecule has 4 aromatic rings. The second-order valence-corrected chi connectivity index (χ2v) is 5.63. The molecule has 0 atom stereocenters. The largest absolute Gasteiger partial charge is 0.315 e. The van der Waals surface area contributed by atoms with E-state index in [1.54, 1.807) is 18.3 Å². The summed E-state index contributed by atoms with van der Waals surface area (Å²) in [5.74, 6) is -0.217. The lowest BCUT2D eigenvalue weighted by Gasteiger charge is -2.09. The van der Waals surface area contributed by atoms with Crippen molar-refractivity contribution in [1.82, 2.24) is 9.55 Å². The van der Waals surface area contributed by atoms with Gasteiger partial charge < -0.3 is 4.57 Å². The summed E-state index contributed by atoms with van der Waals surface area (Å²) in [6, 6.07) is 16.9. The Hall–Kier alpha value is -2.94. The van der Waals surface area contributed by atoms with Gasteiger partial charge in [-0.15, -0.1) is 0 Å². The molecule has 4 rings (SSSR count). The Balaban J connectivity index is 1.85. The fourth-order valence-corrected chi connectivity index (χ4v) is 2.91. The summed E-state index contributed by atoms with van der Waals surface area (Å²) in [5, 5.41) is 1.12. The van der Waals surface area contributed by atoms with Crippen LogP contribution < -0.4 is 0 Å². The first kappa shape index (κ1) is 13.7. The van der Waals surface area contributed by atoms with Crippen LogP contribution in [-0.2, 0) is 0 Å². The molecule has 2 aromatic heterocycles. The van der Waals surface area contributed by atoms with Crippen molar-refractivity contribution in [1.29, 1.82) is 0 Å². The van der Waals surface area contributed by atoms with Gasteiger partial charge in [0.15, 0.2) is 0 Å². The second-order valence-electron chi connectivity index (χ2n) is 5.63. The minimum Gasteiger partial charge on any atom is -0.315 e. The minimum absolute atomic E-state index is 0.217. The number of fused-ring (bicyclic) bond motifs is 1. The van der Waals surface area contributed by atoms with Crippen molar-refractivity contribution in [3.8, 4) is 16.8 Å². The van der Waals surface area contributed by atoms with Crippen LogP contribution in [0.1, 0.15) is 5.56 Å². The van der Waals surface area contributed by atoms with Gasteiger partial charge in [-0.25, -0.2) is 4.39 Å². The van der Waals surface area contributed by atoms with Crippen LogP contribution in [0.5, 0.6) is 0 Å². The molecule has 0 aliphatic carbocycles. The highest BCUT2D eigenvalue weighted by Gasteiger charge is 2.07. The van der Waals surface area contributed by atoms with Gasteiger partial charge in [0.25, 0.3) is 0 Å². The molecule has 23 heavy (non-hydrogen) atoms. The highest BCUT2D eigenvalue weighted by Crippen LogP contribution is 2.28. The molecular formula is C20H15FN2. The maximum Gasteiger partial charge on any atom is 0.123 e. The van der Waals surface area contributed by atoms with Crippen molar-refractivity contribution < 1.29 is 4.39 Å². The van der Waals surface area contributed by atoms with E-state index < -0.39 is 0 Å². The van der Waals surface area contributed by atoms with Crippen LogP contribution in [0.15, 0.2) is 73.2 Å². The molecular weight excluding hydrogens is 287 g/mol. The van der Waals surface area contributed by atoms with Crippen LogP contribution in [-0.4, -0.2) is 9.55 Å². The molecule has 0 unspecified atom stereocenters. The third-order valence-corrected chi connectivity index (χ3v) is 4.12. The van der Waals surface area contributed by atoms with Crippen LogP contribution in [0.25, 0.3) is 27.7 Å². The summed E-state index contributed by atoms with van der Waals surface area (Å²) in [6.07, 6.45) is 5.71. The number of nitrogens with zero attached hydrogens (tertiary/aromatic N) is 2. The molecule has 0 radical (unpaired) electrons. The predicted octanol–water partition coefficient (Wildman–Crippen LogP) is 5.14. The van der Waals surface area contributed by atoms with Crippen molar-refractivity contribution in [3.63, 3.8) is 0 Å². The van der Waals surface area contributed by atoms with Crippen molar-refractivity contribution in [2.75, 3.05) is 0 Å². The molecule has 0 fully saturated rings. The normalized spacial score (nSPS) is 11.0. The van der Waals surface area contributed by atoms with Crippen LogP contribution in [0, 0.1) is 12.7 Å². The number of aryl methyl sites for hydroxylation is 1. The van der Waals surface area contributed by atoms with E-state index in [9.17, 15) is 4.39 Å². The van der Waals surface area contributed by atoms with E-state index in [1.807, 2.05) is 30.6 Å². The summed E-state index contributed by atoms with van der Waals surface area (Å²) in [7, 11) is 0. The van der Waals surface area contributed by atoms with E-state index in [4.69, 9.17) is 0 Å². The Kier molecular flexibility index (Phi) is 3.19. The van der Waals surface area contributed by atoms with E-state index >= 15 is 0 Å². The molecule has 3 heteroatoms. The third kappa shape index (κ3) is 2.40. The van der Waals surface area contributed by atoms with Crippen LogP contribution >= 0.6 is 0 Å². The molecule has 112 valence electrons. The summed E-state index contributed by atoms with van der Waals surface area (Å²) >= 11 is 0. The summed E-state index contributed by atoms with van der Waals surface area (Å²) in [4.78, 5) is 4.22. The monoisotopic (exact) mass is 302 g/mol. The number of rotatable bonds is 2. The first-order valence-electron chi connectivity index (χ1n) is 7.50. The van der Waals surface area contributed by atoms with Gasteiger partial charge >= 0.3 is 0 Å². The lowest BCUT2D eigenvalue weighted by atomic mass is 10.0. The van der Waals surface area contributed by atoms with E-state index in [2.05, 4.69) is 34.7 Å². The molecule has 0 amide bonds. The molecule has 2 nitrogen and oxygen atoms in total. The Labute approximate surface area is 133 Å². The lowest BCUT2D eigenvalue weighted by Crippen LogP contribution is -1.95. The minimum atomic E-state index is -0.217. The van der Waals surface area contributed by atoms with Gasteiger partial charge in [0.05, 0.1) is 17.4 Å². The van der Waals surface area contributed by atoms with Crippen molar-refractivity contribution in [2.24, 2.45) is 0 Å². The number of hydrogen-bond donors (Lipinski definition) is 0. The molecule has 0 spiro atoms. The Bertz CT molecular complexity index is 1000. The van der Waals surface area contributed by atoms with Gasteiger partial charge in [-0.3, -0.25) is 4.98 Å². The van der Waals surface area contributed by atoms with Crippen molar-refractivity contribution >= 4 is 10.9 Å². The van der Waals surface area contributed by atoms with Gasteiger partial charge in [-0.1, -0.05) is 18.2 Å². The average Bonchev–Trinajstić information content (AvgIpc) is 2.98. The smallest absolute Gasteiger partial charge is 0.123 e. The van der Waals surface area contributed by atoms with E-state index in [0.29, 0.717) is 0 Å². The number of pyridine rings is 1. The van der Waals surface area contributed by atoms with Crippen LogP contribution in [0.2, 0.25) is 0 Å². The second kappa shape index (κ2) is 5.36. The SMILES string of the molecule is Cc1ccncc1-n1ccc2cc(-c3cccc(F)c3)ccc21. The van der Waals surface area contributed by atoms with Crippen molar-refractivity contribution in [2.45, 2.75) is 6.92 Å². The Morgan fingerprint density at radius 3 is 2.65 bits per heavy atom. The summed E-state index contributed by atoms with van der Waals surface area (Å²) < 4.78 is 15.6. The molecule has 0 bridgehead atoms. The first-order chi connectivity index (χ1) is 11.2. The van der Waals surface area contributed by atoms with E-state index in [0.717, 1.165) is 27.7 Å². The van der Waals surface area contributed by atoms with E-state index in [-0.39, 0.29) is 5.82 Å². The maximum absolute atomic E-state index is 13.4. The molecule has 0 N–H and O–H groups in total. The molecule has 2 heterocycles. The summed E-state index contributed by atoms with van der Waals surface area (Å²) in [6.45, 7) is 2.07. The number of halogens is 1. The fraction of sp³-hybridized carbons (Fsp3) is 0.0500. The van der Waals surface area contributed by atoms with Crippen molar-refractivity contribution in [3.05, 3.63) is 84.6 Å². The Morgan fingerprint density at radius 2 is 1.83 bits per heavy atom. The number of hydrogen-bond acceptors (Lipinski definition) is 1. The van der Waals surface area contributed by atoms with Gasteiger partial charge in [0, 0.05) is 17.8 Å². The zero-order valence-corrected chi connectivity index (χ0v) is 12.7. The third-order valence-electron chi connectivity index (χ3n) is 4.12. The molecule has 2 aromatic carbocycles. The molecule has 0 aliphatic rings. The van der Waals surface area contributed by atoms with Gasteiger partial charge in [-0.05, 0) is 60.0 Å². The fourth-order valence-electron chi connectivity index (χ4n) is 2.91. The van der Waals surface area contributed by atoms with Crippen LogP contribution in [0.4, 0.5) is 4.39 Å². The quantitative estimate of drug-likeness (QED) is 0.501. The molecule has 0 saturated heterocycles. The molecule has 0 aliphatic heterocycles. The first-order valence-corrected chi connectivity index (χ1v) is 7.50. The topological polar surface area (TPSA) is 17.8 Å². The number of benzene rings is 2. The van der Waals surface area contributed by atoms with Gasteiger partial charge in [0.2, 0.25) is 0 Å². The average molecular weight is 302 g/mol. The van der Waals surface area contributed by atoms with Gasteiger partial charge in [0.1, 0.15) is 5.82 Å². The highest BCUT2D eigenvalue weighted by molar-refractivity contribution is 5.87. The Morgan fingerprint density at radius 1 is 0.957 bits per heavy atom. The van der Waals surface area contributed by atoms with E-state index in [1.165, 1.54) is 11.6 Å². The molecule has 0 saturated carbocycles. The van der Waals surface area contributed by atoms with Gasteiger partial charge in [-0.2, -0.15) is 0 Å². The predicted molar refractivity (Wildman–Crippen MR) is 91.2 cm³/mol. The zero-order valence-electron chi connectivity index (χ0n) is 12.7. The lowest BCUT2D eigenvalue weighted by molar-refractivity contribution is 0.628.